The van der Waals surface area contributed by atoms with Crippen LogP contribution in [-0.4, -0.2) is 25.3 Å². The molecule has 0 radical (unpaired) electrons. The van der Waals surface area contributed by atoms with E-state index in [4.69, 9.17) is 9.47 Å². The van der Waals surface area contributed by atoms with Gasteiger partial charge in [-0.25, -0.2) is 0 Å². The molecule has 192 valence electrons. The highest BCUT2D eigenvalue weighted by molar-refractivity contribution is 5.53. The minimum Gasteiger partial charge on any atom is -0.489 e. The lowest BCUT2D eigenvalue weighted by Gasteiger charge is -2.36. The molecule has 2 saturated heterocycles. The van der Waals surface area contributed by atoms with E-state index in [1.807, 2.05) is 6.07 Å². The van der Waals surface area contributed by atoms with Crippen LogP contribution in [0.1, 0.15) is 58.9 Å². The van der Waals surface area contributed by atoms with Gasteiger partial charge in [0.15, 0.2) is 0 Å². The number of aryl methyl sites for hydroxylation is 1. The number of nitrogens with zero attached hydrogens (tertiary/aromatic N) is 1. The second-order valence-electron chi connectivity index (χ2n) is 11.2. The molecular formula is C35H35NO2. The highest BCUT2D eigenvalue weighted by Crippen LogP contribution is 2.47. The third kappa shape index (κ3) is 4.72. The minimum atomic E-state index is 0.217. The van der Waals surface area contributed by atoms with E-state index in [1.165, 1.54) is 33.5 Å². The molecule has 7 rings (SSSR count). The molecule has 38 heavy (non-hydrogen) atoms. The van der Waals surface area contributed by atoms with Crippen molar-refractivity contribution in [2.45, 2.75) is 49.7 Å². The number of ether oxygens (including phenoxy) is 2. The summed E-state index contributed by atoms with van der Waals surface area (Å²) < 4.78 is 11.9. The standard InChI is InChI=1S/C35H35NO2/c1-3-7-26(8-4-1)24-37-31-16-18-33-29(23-31)13-17-32(27-9-5-2-6-10-27)34(33)28-11-14-30(15-12-28)36-21-19-35(20-22-36)25-38-35/h1-12,14-16,18,23,32,34H,13,17,19-22,24-25H2/t32-,34?/m1/s1. The Labute approximate surface area is 226 Å². The van der Waals surface area contributed by atoms with Crippen LogP contribution in [0.2, 0.25) is 0 Å². The predicted octanol–water partition coefficient (Wildman–Crippen LogP) is 7.50. The third-order valence-electron chi connectivity index (χ3n) is 8.90. The fourth-order valence-corrected chi connectivity index (χ4v) is 6.55. The summed E-state index contributed by atoms with van der Waals surface area (Å²) in [4.78, 5) is 2.52. The first-order valence-electron chi connectivity index (χ1n) is 14.1. The lowest BCUT2D eigenvalue weighted by Crippen LogP contribution is -2.37. The summed E-state index contributed by atoms with van der Waals surface area (Å²) in [7, 11) is 0. The summed E-state index contributed by atoms with van der Waals surface area (Å²) in [5, 5.41) is 0. The van der Waals surface area contributed by atoms with Crippen molar-refractivity contribution in [1.82, 2.24) is 0 Å². The number of hydrogen-bond acceptors (Lipinski definition) is 3. The van der Waals surface area contributed by atoms with Gasteiger partial charge in [-0.3, -0.25) is 0 Å². The molecule has 0 amide bonds. The van der Waals surface area contributed by atoms with E-state index in [0.29, 0.717) is 18.4 Å². The van der Waals surface area contributed by atoms with Crippen LogP contribution in [-0.2, 0) is 17.8 Å². The number of hydrogen-bond donors (Lipinski definition) is 0. The Kier molecular flexibility index (Phi) is 6.17. The van der Waals surface area contributed by atoms with Crippen molar-refractivity contribution in [2.24, 2.45) is 0 Å². The zero-order chi connectivity index (χ0) is 25.4. The maximum atomic E-state index is 6.20. The monoisotopic (exact) mass is 501 g/mol. The predicted molar refractivity (Wildman–Crippen MR) is 153 cm³/mol. The van der Waals surface area contributed by atoms with Gasteiger partial charge < -0.3 is 14.4 Å². The Morgan fingerprint density at radius 3 is 2.21 bits per heavy atom. The largest absolute Gasteiger partial charge is 0.489 e. The van der Waals surface area contributed by atoms with Gasteiger partial charge in [-0.05, 0) is 83.7 Å². The maximum absolute atomic E-state index is 6.20. The van der Waals surface area contributed by atoms with Crippen LogP contribution in [0.4, 0.5) is 5.69 Å². The molecule has 4 aromatic rings. The molecule has 2 aliphatic heterocycles. The molecule has 4 aromatic carbocycles. The van der Waals surface area contributed by atoms with E-state index in [2.05, 4.69) is 102 Å². The van der Waals surface area contributed by atoms with Gasteiger partial charge in [0, 0.05) is 24.7 Å². The second kappa shape index (κ2) is 9.96. The van der Waals surface area contributed by atoms with Crippen LogP contribution < -0.4 is 9.64 Å². The van der Waals surface area contributed by atoms with Crippen LogP contribution in [0.15, 0.2) is 103 Å². The van der Waals surface area contributed by atoms with Gasteiger partial charge in [0.05, 0.1) is 12.2 Å². The fraction of sp³-hybridized carbons (Fsp3) is 0.314. The summed E-state index contributed by atoms with van der Waals surface area (Å²) in [6.07, 6.45) is 4.51. The molecule has 2 fully saturated rings. The molecule has 3 aliphatic rings. The van der Waals surface area contributed by atoms with Gasteiger partial charge >= 0.3 is 0 Å². The Balaban J connectivity index is 1.16. The molecule has 0 saturated carbocycles. The molecule has 1 aliphatic carbocycles. The highest BCUT2D eigenvalue weighted by atomic mass is 16.6. The molecule has 3 nitrogen and oxygen atoms in total. The molecule has 0 aromatic heterocycles. The quantitative estimate of drug-likeness (QED) is 0.256. The molecule has 2 atom stereocenters. The third-order valence-corrected chi connectivity index (χ3v) is 8.90. The molecule has 0 bridgehead atoms. The summed E-state index contributed by atoms with van der Waals surface area (Å²) in [5.41, 5.74) is 8.44. The summed E-state index contributed by atoms with van der Waals surface area (Å²) in [5.74, 6) is 1.76. The van der Waals surface area contributed by atoms with Crippen molar-refractivity contribution in [2.75, 3.05) is 24.6 Å². The molecule has 1 unspecified atom stereocenters. The van der Waals surface area contributed by atoms with Crippen LogP contribution in [0.3, 0.4) is 0 Å². The number of anilines is 1. The van der Waals surface area contributed by atoms with Crippen LogP contribution in [0.5, 0.6) is 5.75 Å². The zero-order valence-corrected chi connectivity index (χ0v) is 21.9. The molecule has 1 spiro atoms. The molecule has 3 heteroatoms. The van der Waals surface area contributed by atoms with Crippen molar-refractivity contribution >= 4 is 5.69 Å². The smallest absolute Gasteiger partial charge is 0.120 e. The van der Waals surface area contributed by atoms with Crippen LogP contribution in [0.25, 0.3) is 0 Å². The number of rotatable bonds is 6. The minimum absolute atomic E-state index is 0.217. The van der Waals surface area contributed by atoms with Gasteiger partial charge in [0.2, 0.25) is 0 Å². The van der Waals surface area contributed by atoms with E-state index >= 15 is 0 Å². The molecular weight excluding hydrogens is 466 g/mol. The van der Waals surface area contributed by atoms with Gasteiger partial charge in [0.25, 0.3) is 0 Å². The number of fused-ring (bicyclic) bond motifs is 1. The molecule has 0 N–H and O–H groups in total. The van der Waals surface area contributed by atoms with Crippen LogP contribution >= 0.6 is 0 Å². The first-order chi connectivity index (χ1) is 18.8. The van der Waals surface area contributed by atoms with Gasteiger partial charge in [-0.2, -0.15) is 0 Å². The zero-order valence-electron chi connectivity index (χ0n) is 21.9. The normalized spacial score (nSPS) is 21.6. The topological polar surface area (TPSA) is 25.0 Å². The van der Waals surface area contributed by atoms with Crippen molar-refractivity contribution in [1.29, 1.82) is 0 Å². The Hall–Kier alpha value is -3.56. The number of piperidine rings is 1. The first-order valence-corrected chi connectivity index (χ1v) is 14.1. The Morgan fingerprint density at radius 2 is 1.50 bits per heavy atom. The maximum Gasteiger partial charge on any atom is 0.120 e. The van der Waals surface area contributed by atoms with E-state index in [0.717, 1.165) is 51.1 Å². The van der Waals surface area contributed by atoms with E-state index in [-0.39, 0.29) is 5.60 Å². The molecule has 2 heterocycles. The SMILES string of the molecule is c1ccc(COc2ccc3c(c2)CC[C@H](c2ccccc2)C3c2ccc(N3CCC4(CC3)CO4)cc2)cc1. The van der Waals surface area contributed by atoms with Crippen molar-refractivity contribution in [3.63, 3.8) is 0 Å². The second-order valence-corrected chi connectivity index (χ2v) is 11.2. The lowest BCUT2D eigenvalue weighted by atomic mass is 9.69. The van der Waals surface area contributed by atoms with Crippen molar-refractivity contribution in [3.8, 4) is 5.75 Å². The van der Waals surface area contributed by atoms with Crippen molar-refractivity contribution < 1.29 is 9.47 Å². The highest BCUT2D eigenvalue weighted by Gasteiger charge is 2.46. The van der Waals surface area contributed by atoms with E-state index in [9.17, 15) is 0 Å². The fourth-order valence-electron chi connectivity index (χ4n) is 6.55. The Morgan fingerprint density at radius 1 is 0.789 bits per heavy atom. The van der Waals surface area contributed by atoms with Crippen LogP contribution in [0, 0.1) is 0 Å². The average Bonchev–Trinajstić information content (AvgIpc) is 3.75. The van der Waals surface area contributed by atoms with Gasteiger partial charge in [-0.15, -0.1) is 0 Å². The number of epoxide rings is 1. The lowest BCUT2D eigenvalue weighted by molar-refractivity contribution is 0.258. The van der Waals surface area contributed by atoms with E-state index in [1.54, 1.807) is 0 Å². The average molecular weight is 502 g/mol. The Bertz CT molecular complexity index is 1370. The van der Waals surface area contributed by atoms with Crippen molar-refractivity contribution in [3.05, 3.63) is 131 Å². The summed E-state index contributed by atoms with van der Waals surface area (Å²) in [6.45, 7) is 3.73. The first kappa shape index (κ1) is 23.5. The summed E-state index contributed by atoms with van der Waals surface area (Å²) in [6, 6.07) is 37.7. The van der Waals surface area contributed by atoms with Gasteiger partial charge in [0.1, 0.15) is 12.4 Å². The van der Waals surface area contributed by atoms with E-state index < -0.39 is 0 Å². The van der Waals surface area contributed by atoms with Gasteiger partial charge in [-0.1, -0.05) is 78.9 Å². The summed E-state index contributed by atoms with van der Waals surface area (Å²) >= 11 is 0. The number of benzene rings is 4.